The lowest BCUT2D eigenvalue weighted by molar-refractivity contribution is -0.384. The molecule has 1 aliphatic carbocycles. The number of hydrogen-bond donors (Lipinski definition) is 3. The van der Waals surface area contributed by atoms with Crippen molar-refractivity contribution in [1.82, 2.24) is 19.6 Å². The monoisotopic (exact) mass is 901 g/mol. The summed E-state index contributed by atoms with van der Waals surface area (Å²) >= 11 is 6.25. The van der Waals surface area contributed by atoms with Gasteiger partial charge in [0, 0.05) is 73.2 Å². The molecular formula is C48H48ClN7O7S. The summed E-state index contributed by atoms with van der Waals surface area (Å²) in [6.45, 7) is 8.73. The second kappa shape index (κ2) is 17.6. The number of ether oxygens (including phenoxy) is 2. The molecule has 1 saturated heterocycles. The van der Waals surface area contributed by atoms with E-state index in [1.807, 2.05) is 48.5 Å². The Labute approximate surface area is 376 Å². The van der Waals surface area contributed by atoms with Crippen LogP contribution in [0.3, 0.4) is 0 Å². The summed E-state index contributed by atoms with van der Waals surface area (Å²) in [5.41, 5.74) is 6.29. The maximum atomic E-state index is 14.0. The van der Waals surface area contributed by atoms with Crippen LogP contribution in [-0.2, 0) is 16.4 Å². The molecule has 0 radical (unpaired) electrons. The van der Waals surface area contributed by atoms with Crippen LogP contribution in [0.1, 0.15) is 54.6 Å². The molecule has 1 fully saturated rings. The highest BCUT2D eigenvalue weighted by Gasteiger charge is 2.33. The van der Waals surface area contributed by atoms with E-state index >= 15 is 0 Å². The molecule has 16 heteroatoms. The van der Waals surface area contributed by atoms with Gasteiger partial charge in [-0.25, -0.2) is 18.1 Å². The minimum Gasteiger partial charge on any atom is -0.489 e. The predicted octanol–water partition coefficient (Wildman–Crippen LogP) is 9.24. The van der Waals surface area contributed by atoms with Crippen LogP contribution in [0.4, 0.5) is 17.1 Å². The number of fused-ring (bicyclic) bond motifs is 2. The van der Waals surface area contributed by atoms with Crippen molar-refractivity contribution in [1.29, 1.82) is 0 Å². The molecule has 0 saturated carbocycles. The minimum absolute atomic E-state index is 0.00568. The number of nitrogens with zero attached hydrogens (tertiary/aromatic N) is 4. The molecule has 0 unspecified atom stereocenters. The minimum atomic E-state index is -4.66. The number of hydrogen-bond acceptors (Lipinski definition) is 11. The predicted molar refractivity (Wildman–Crippen MR) is 248 cm³/mol. The van der Waals surface area contributed by atoms with Gasteiger partial charge in [0.2, 0.25) is 0 Å². The topological polar surface area (TPSA) is 172 Å². The third-order valence-corrected chi connectivity index (χ3v) is 13.8. The molecule has 64 heavy (non-hydrogen) atoms. The highest BCUT2D eigenvalue weighted by atomic mass is 35.5. The number of benzene rings is 4. The first-order valence-electron chi connectivity index (χ1n) is 21.3. The molecule has 2 aromatic heterocycles. The number of carbonyl (C=O) groups is 1. The fourth-order valence-corrected chi connectivity index (χ4v) is 9.92. The Hall–Kier alpha value is -6.42. The number of carbonyl (C=O) groups excluding carboxylic acids is 1. The molecule has 6 aromatic rings. The number of pyridine rings is 1. The van der Waals surface area contributed by atoms with Crippen molar-refractivity contribution in [2.75, 3.05) is 49.5 Å². The van der Waals surface area contributed by atoms with Gasteiger partial charge in [-0.3, -0.25) is 19.8 Å². The summed E-state index contributed by atoms with van der Waals surface area (Å²) in [5, 5.41) is 17.0. The molecule has 2 aliphatic heterocycles. The first-order valence-corrected chi connectivity index (χ1v) is 23.2. The van der Waals surface area contributed by atoms with E-state index in [9.17, 15) is 23.3 Å². The Bertz CT molecular complexity index is 2880. The van der Waals surface area contributed by atoms with Crippen molar-refractivity contribution in [2.24, 2.45) is 5.41 Å². The number of aromatic amines is 1. The first kappa shape index (κ1) is 42.9. The number of anilines is 2. The van der Waals surface area contributed by atoms with E-state index in [0.29, 0.717) is 30.9 Å². The van der Waals surface area contributed by atoms with Crippen LogP contribution >= 0.6 is 11.6 Å². The second-order valence-electron chi connectivity index (χ2n) is 17.4. The van der Waals surface area contributed by atoms with E-state index < -0.39 is 31.4 Å². The Morgan fingerprint density at radius 3 is 2.56 bits per heavy atom. The number of halogens is 1. The van der Waals surface area contributed by atoms with Gasteiger partial charge in [-0.05, 0) is 84.2 Å². The molecule has 3 aliphatic rings. The quantitative estimate of drug-likeness (QED) is 0.0790. The van der Waals surface area contributed by atoms with E-state index in [4.69, 9.17) is 21.1 Å². The van der Waals surface area contributed by atoms with Crippen LogP contribution in [-0.4, -0.2) is 79.5 Å². The summed E-state index contributed by atoms with van der Waals surface area (Å²) < 4.78 is 42.2. The van der Waals surface area contributed by atoms with Crippen molar-refractivity contribution >= 4 is 61.2 Å². The molecular weight excluding hydrogens is 854 g/mol. The normalized spacial score (nSPS) is 17.6. The van der Waals surface area contributed by atoms with Gasteiger partial charge < -0.3 is 24.7 Å². The SMILES string of the molecule is CC1(C)CCC(CN2CCN(c3ccc(C(=O)NS(=O)(=O)c4cc5c(c([N+](=O)[O-])c4)N[C@H](Cc4ccccc4)CO5)c(Oc4cnc5[nH]ccc5c4)c3)CC2)=C(c2ccc(Cl)cc2)C1. The standard InChI is InChI=1S/C48H48ClN7O7S/c1-48(2)16-14-34(41(27-48)32-8-10-35(49)11-9-32)29-54-18-20-55(21-19-54)37-12-13-40(43(24-37)63-38-23-33-15-17-50-46(33)51-28-38)47(57)53-64(60,61)39-25-42(56(58)59)45-44(26-39)62-30-36(52-45)22-31-6-4-3-5-7-31/h3-13,15,17,23-26,28,36,52H,14,16,18-22,27,29-30H2,1-2H3,(H,50,51)(H,53,57)/t36-/m1/s1. The third kappa shape index (κ3) is 9.42. The highest BCUT2D eigenvalue weighted by molar-refractivity contribution is 7.90. The highest BCUT2D eigenvalue weighted by Crippen LogP contribution is 2.44. The van der Waals surface area contributed by atoms with Gasteiger partial charge in [0.1, 0.15) is 23.8 Å². The lowest BCUT2D eigenvalue weighted by Gasteiger charge is -2.39. The molecule has 1 atom stereocenters. The molecule has 0 spiro atoms. The fourth-order valence-electron chi connectivity index (χ4n) is 8.80. The number of aromatic nitrogens is 2. The van der Waals surface area contributed by atoms with E-state index in [1.54, 1.807) is 24.4 Å². The Morgan fingerprint density at radius 2 is 1.80 bits per heavy atom. The molecule has 1 amide bonds. The number of nitro groups is 1. The number of nitro benzene ring substituents is 1. The van der Waals surface area contributed by atoms with Crippen molar-refractivity contribution < 1.29 is 27.6 Å². The zero-order chi connectivity index (χ0) is 44.6. The molecule has 330 valence electrons. The lowest BCUT2D eigenvalue weighted by atomic mass is 9.72. The van der Waals surface area contributed by atoms with Gasteiger partial charge in [-0.1, -0.05) is 73.5 Å². The van der Waals surface area contributed by atoms with Gasteiger partial charge in [-0.2, -0.15) is 0 Å². The van der Waals surface area contributed by atoms with Crippen LogP contribution in [0.2, 0.25) is 5.02 Å². The summed E-state index contributed by atoms with van der Waals surface area (Å²) in [5.74, 6) is -0.536. The maximum absolute atomic E-state index is 14.0. The molecule has 3 N–H and O–H groups in total. The molecule has 4 heterocycles. The van der Waals surface area contributed by atoms with Crippen LogP contribution in [0.15, 0.2) is 120 Å². The van der Waals surface area contributed by atoms with Crippen molar-refractivity contribution in [2.45, 2.75) is 50.5 Å². The van der Waals surface area contributed by atoms with Gasteiger partial charge in [0.15, 0.2) is 11.4 Å². The summed E-state index contributed by atoms with van der Waals surface area (Å²) in [6, 6.07) is 28.2. The van der Waals surface area contributed by atoms with Crippen molar-refractivity contribution in [3.05, 3.63) is 147 Å². The molecule has 4 aromatic carbocycles. The van der Waals surface area contributed by atoms with E-state index in [0.717, 1.165) is 66.6 Å². The van der Waals surface area contributed by atoms with Gasteiger partial charge in [0.25, 0.3) is 21.6 Å². The Morgan fingerprint density at radius 1 is 1.02 bits per heavy atom. The summed E-state index contributed by atoms with van der Waals surface area (Å²) in [7, 11) is -4.66. The van der Waals surface area contributed by atoms with Crippen molar-refractivity contribution in [3.63, 3.8) is 0 Å². The number of piperazine rings is 1. The van der Waals surface area contributed by atoms with Crippen molar-refractivity contribution in [3.8, 4) is 17.2 Å². The summed E-state index contributed by atoms with van der Waals surface area (Å²) in [6.07, 6.45) is 6.99. The zero-order valence-corrected chi connectivity index (χ0v) is 37.0. The van der Waals surface area contributed by atoms with E-state index in [1.165, 1.54) is 35.0 Å². The number of rotatable bonds is 12. The lowest BCUT2D eigenvalue weighted by Crippen LogP contribution is -2.47. The third-order valence-electron chi connectivity index (χ3n) is 12.2. The first-order chi connectivity index (χ1) is 30.8. The fraction of sp³-hybridized carbons (Fsp3) is 0.292. The number of allylic oxidation sites excluding steroid dienone is 1. The average Bonchev–Trinajstić information content (AvgIpc) is 3.75. The van der Waals surface area contributed by atoms with Gasteiger partial charge >= 0.3 is 0 Å². The average molecular weight is 902 g/mol. The summed E-state index contributed by atoms with van der Waals surface area (Å²) in [4.78, 5) is 37.4. The zero-order valence-electron chi connectivity index (χ0n) is 35.5. The molecule has 0 bridgehead atoms. The van der Waals surface area contributed by atoms with E-state index in [-0.39, 0.29) is 40.8 Å². The number of H-pyrrole nitrogens is 1. The van der Waals surface area contributed by atoms with Gasteiger partial charge in [0.05, 0.1) is 27.6 Å². The molecule has 9 rings (SSSR count). The maximum Gasteiger partial charge on any atom is 0.297 e. The number of nitrogens with one attached hydrogen (secondary N) is 3. The van der Waals surface area contributed by atoms with Gasteiger partial charge in [-0.15, -0.1) is 0 Å². The molecule has 14 nitrogen and oxygen atoms in total. The second-order valence-corrected chi connectivity index (χ2v) is 19.5. The number of sulfonamides is 1. The number of amides is 1. The van der Waals surface area contributed by atoms with E-state index in [2.05, 4.69) is 55.8 Å². The largest absolute Gasteiger partial charge is 0.489 e. The van der Waals surface area contributed by atoms with Crippen LogP contribution in [0, 0.1) is 15.5 Å². The van der Waals surface area contributed by atoms with Crippen LogP contribution in [0.25, 0.3) is 16.6 Å². The van der Waals surface area contributed by atoms with Crippen LogP contribution < -0.4 is 24.4 Å². The Kier molecular flexibility index (Phi) is 11.8. The smallest absolute Gasteiger partial charge is 0.297 e. The Balaban J connectivity index is 0.945. The van der Waals surface area contributed by atoms with Crippen LogP contribution in [0.5, 0.6) is 17.2 Å².